The van der Waals surface area contributed by atoms with E-state index in [2.05, 4.69) is 48.7 Å². The Hall–Kier alpha value is -2.29. The maximum absolute atomic E-state index is 5.25. The number of hydrogen-bond donors (Lipinski definition) is 0. The van der Waals surface area contributed by atoms with Crippen molar-refractivity contribution in [1.29, 1.82) is 0 Å². The molecule has 0 radical (unpaired) electrons. The molecule has 2 aromatic carbocycles. The Morgan fingerprint density at radius 1 is 1.09 bits per heavy atom. The van der Waals surface area contributed by atoms with Gasteiger partial charge in [-0.15, -0.1) is 0 Å². The van der Waals surface area contributed by atoms with E-state index in [0.29, 0.717) is 5.92 Å². The van der Waals surface area contributed by atoms with Gasteiger partial charge in [0.15, 0.2) is 0 Å². The molecule has 0 spiro atoms. The van der Waals surface area contributed by atoms with Crippen molar-refractivity contribution in [3.05, 3.63) is 48.5 Å². The number of methoxy groups -OCH3 is 1. The molecule has 1 heterocycles. The third-order valence-corrected chi connectivity index (χ3v) is 4.19. The number of aromatic nitrogens is 2. The van der Waals surface area contributed by atoms with Crippen LogP contribution in [0.5, 0.6) is 5.75 Å². The molecule has 3 aromatic rings. The monoisotopic (exact) mass is 294 g/mol. The number of hydrogen-bond acceptors (Lipinski definition) is 2. The lowest BCUT2D eigenvalue weighted by Gasteiger charge is -2.14. The Bertz CT molecular complexity index is 759. The molecule has 0 bridgehead atoms. The topological polar surface area (TPSA) is 27.1 Å². The summed E-state index contributed by atoms with van der Waals surface area (Å²) in [5.41, 5.74) is 3.38. The highest BCUT2D eigenvalue weighted by Gasteiger charge is 2.14. The molecule has 0 aliphatic heterocycles. The van der Waals surface area contributed by atoms with E-state index >= 15 is 0 Å². The Kier molecular flexibility index (Phi) is 4.14. The molecule has 1 atom stereocenters. The summed E-state index contributed by atoms with van der Waals surface area (Å²) in [6.45, 7) is 5.50. The summed E-state index contributed by atoms with van der Waals surface area (Å²) in [5, 5.41) is 0. The molecule has 22 heavy (non-hydrogen) atoms. The average Bonchev–Trinajstić information content (AvgIpc) is 2.93. The van der Waals surface area contributed by atoms with Gasteiger partial charge >= 0.3 is 0 Å². The number of para-hydroxylation sites is 2. The van der Waals surface area contributed by atoms with Crippen molar-refractivity contribution in [3.63, 3.8) is 0 Å². The summed E-state index contributed by atoms with van der Waals surface area (Å²) >= 11 is 0. The fourth-order valence-corrected chi connectivity index (χ4v) is 2.66. The minimum absolute atomic E-state index is 0.620. The number of nitrogens with zero attached hydrogens (tertiary/aromatic N) is 2. The summed E-state index contributed by atoms with van der Waals surface area (Å²) < 4.78 is 7.59. The largest absolute Gasteiger partial charge is 0.497 e. The van der Waals surface area contributed by atoms with Gasteiger partial charge in [-0.2, -0.15) is 0 Å². The quantitative estimate of drug-likeness (QED) is 0.678. The maximum atomic E-state index is 5.25. The molecule has 0 amide bonds. The smallest absolute Gasteiger partial charge is 0.141 e. The maximum Gasteiger partial charge on any atom is 0.141 e. The van der Waals surface area contributed by atoms with Gasteiger partial charge in [0, 0.05) is 12.1 Å². The third-order valence-electron chi connectivity index (χ3n) is 4.19. The molecule has 3 heteroatoms. The Morgan fingerprint density at radius 3 is 2.50 bits per heavy atom. The lowest BCUT2D eigenvalue weighted by molar-refractivity contribution is 0.415. The van der Waals surface area contributed by atoms with E-state index < -0.39 is 0 Å². The molecule has 0 aliphatic carbocycles. The predicted octanol–water partition coefficient (Wildman–Crippen LogP) is 4.76. The van der Waals surface area contributed by atoms with E-state index in [-0.39, 0.29) is 0 Å². The second-order valence-corrected chi connectivity index (χ2v) is 5.78. The van der Waals surface area contributed by atoms with Crippen LogP contribution in [-0.4, -0.2) is 16.7 Å². The lowest BCUT2D eigenvalue weighted by atomic mass is 10.1. The molecule has 3 nitrogen and oxygen atoms in total. The van der Waals surface area contributed by atoms with Gasteiger partial charge in [-0.1, -0.05) is 32.4 Å². The minimum atomic E-state index is 0.620. The molecule has 0 saturated carbocycles. The van der Waals surface area contributed by atoms with Gasteiger partial charge in [0.05, 0.1) is 18.1 Å². The van der Waals surface area contributed by atoms with Gasteiger partial charge in [0.1, 0.15) is 11.6 Å². The summed E-state index contributed by atoms with van der Waals surface area (Å²) in [5.74, 6) is 2.52. The van der Waals surface area contributed by atoms with Crippen molar-refractivity contribution in [2.24, 2.45) is 5.92 Å². The highest BCUT2D eigenvalue weighted by Crippen LogP contribution is 2.27. The van der Waals surface area contributed by atoms with E-state index in [1.807, 2.05) is 18.2 Å². The van der Waals surface area contributed by atoms with Crippen LogP contribution in [0.25, 0.3) is 22.4 Å². The Morgan fingerprint density at radius 2 is 1.82 bits per heavy atom. The predicted molar refractivity (Wildman–Crippen MR) is 91.2 cm³/mol. The van der Waals surface area contributed by atoms with Crippen LogP contribution >= 0.6 is 0 Å². The Balaban J connectivity index is 2.12. The molecule has 0 N–H and O–H groups in total. The van der Waals surface area contributed by atoms with E-state index in [0.717, 1.165) is 35.6 Å². The van der Waals surface area contributed by atoms with Crippen molar-refractivity contribution in [2.45, 2.75) is 26.8 Å². The van der Waals surface area contributed by atoms with Gasteiger partial charge in [0.2, 0.25) is 0 Å². The lowest BCUT2D eigenvalue weighted by Crippen LogP contribution is -2.08. The van der Waals surface area contributed by atoms with E-state index in [4.69, 9.17) is 9.72 Å². The van der Waals surface area contributed by atoms with Crippen LogP contribution in [0.4, 0.5) is 0 Å². The number of benzene rings is 2. The van der Waals surface area contributed by atoms with Crippen LogP contribution < -0.4 is 4.74 Å². The minimum Gasteiger partial charge on any atom is -0.497 e. The van der Waals surface area contributed by atoms with Gasteiger partial charge in [0.25, 0.3) is 0 Å². The summed E-state index contributed by atoms with van der Waals surface area (Å²) in [6, 6.07) is 16.5. The molecule has 1 aromatic heterocycles. The number of imidazole rings is 1. The first-order chi connectivity index (χ1) is 10.7. The number of ether oxygens (including phenoxy) is 1. The normalized spacial score (nSPS) is 12.5. The van der Waals surface area contributed by atoms with Gasteiger partial charge in [-0.3, -0.25) is 0 Å². The first-order valence-electron chi connectivity index (χ1n) is 7.82. The van der Waals surface area contributed by atoms with Crippen LogP contribution in [0.3, 0.4) is 0 Å². The SMILES string of the molecule is CC[C@H](C)Cn1c(-c2ccc(OC)cc2)nc2ccccc21. The molecule has 3 rings (SSSR count). The summed E-state index contributed by atoms with van der Waals surface area (Å²) in [7, 11) is 1.69. The molecule has 0 saturated heterocycles. The van der Waals surface area contributed by atoms with Crippen LogP contribution in [0.1, 0.15) is 20.3 Å². The van der Waals surface area contributed by atoms with Gasteiger partial charge in [-0.25, -0.2) is 4.98 Å². The zero-order valence-electron chi connectivity index (χ0n) is 13.4. The van der Waals surface area contributed by atoms with Crippen LogP contribution in [-0.2, 0) is 6.54 Å². The number of rotatable bonds is 5. The molecular weight excluding hydrogens is 272 g/mol. The zero-order valence-corrected chi connectivity index (χ0v) is 13.4. The fraction of sp³-hybridized carbons (Fsp3) is 0.316. The molecular formula is C19H22N2O. The highest BCUT2D eigenvalue weighted by atomic mass is 16.5. The standard InChI is InChI=1S/C19H22N2O/c1-4-14(2)13-21-18-8-6-5-7-17(18)20-19(21)15-9-11-16(22-3)12-10-15/h5-12,14H,4,13H2,1-3H3/t14-/m0/s1. The van der Waals surface area contributed by atoms with Crippen LogP contribution in [0.15, 0.2) is 48.5 Å². The first kappa shape index (κ1) is 14.6. The van der Waals surface area contributed by atoms with Crippen molar-refractivity contribution in [1.82, 2.24) is 9.55 Å². The van der Waals surface area contributed by atoms with E-state index in [9.17, 15) is 0 Å². The molecule has 0 unspecified atom stereocenters. The summed E-state index contributed by atoms with van der Waals surface area (Å²) in [4.78, 5) is 4.85. The summed E-state index contributed by atoms with van der Waals surface area (Å²) in [6.07, 6.45) is 1.16. The van der Waals surface area contributed by atoms with Crippen molar-refractivity contribution >= 4 is 11.0 Å². The van der Waals surface area contributed by atoms with Gasteiger partial charge in [-0.05, 0) is 42.3 Å². The molecule has 114 valence electrons. The molecule has 0 aliphatic rings. The number of fused-ring (bicyclic) bond motifs is 1. The van der Waals surface area contributed by atoms with Crippen LogP contribution in [0, 0.1) is 5.92 Å². The highest BCUT2D eigenvalue weighted by molar-refractivity contribution is 5.80. The van der Waals surface area contributed by atoms with Crippen molar-refractivity contribution < 1.29 is 4.74 Å². The second kappa shape index (κ2) is 6.22. The molecule has 0 fully saturated rings. The third kappa shape index (κ3) is 2.71. The zero-order chi connectivity index (χ0) is 15.5. The second-order valence-electron chi connectivity index (χ2n) is 5.78. The van der Waals surface area contributed by atoms with Gasteiger partial charge < -0.3 is 9.30 Å². The average molecular weight is 294 g/mol. The Labute approximate surface area is 131 Å². The fourth-order valence-electron chi connectivity index (χ4n) is 2.66. The van der Waals surface area contributed by atoms with E-state index in [1.165, 1.54) is 5.52 Å². The van der Waals surface area contributed by atoms with Crippen LogP contribution in [0.2, 0.25) is 0 Å². The van der Waals surface area contributed by atoms with Crippen molar-refractivity contribution in [2.75, 3.05) is 7.11 Å². The van der Waals surface area contributed by atoms with Crippen molar-refractivity contribution in [3.8, 4) is 17.1 Å². The van der Waals surface area contributed by atoms with E-state index in [1.54, 1.807) is 7.11 Å². The first-order valence-corrected chi connectivity index (χ1v) is 7.82.